The third-order valence-corrected chi connectivity index (χ3v) is 7.51. The number of carbonyl (C=O) groups excluding carboxylic acids is 1. The number of aromatic nitrogens is 2. The molecule has 0 spiro atoms. The number of hydrogen-bond acceptors (Lipinski definition) is 5. The lowest BCUT2D eigenvalue weighted by Crippen LogP contribution is -2.45. The first-order valence-corrected chi connectivity index (χ1v) is 13.5. The summed E-state index contributed by atoms with van der Waals surface area (Å²) in [5, 5.41) is 0.584. The normalized spacial score (nSPS) is 12.2. The molecule has 0 aliphatic carbocycles. The van der Waals surface area contributed by atoms with Gasteiger partial charge >= 0.3 is 0 Å². The van der Waals surface area contributed by atoms with Crippen molar-refractivity contribution in [1.82, 2.24) is 19.6 Å². The van der Waals surface area contributed by atoms with Gasteiger partial charge in [-0.1, -0.05) is 55.4 Å². The first-order chi connectivity index (χ1) is 15.6. The monoisotopic (exact) mass is 488 g/mol. The Morgan fingerprint density at radius 2 is 1.88 bits per heavy atom. The number of sulfonamides is 1. The Bertz CT molecular complexity index is 1190. The van der Waals surface area contributed by atoms with Crippen molar-refractivity contribution < 1.29 is 13.2 Å². The number of rotatable bonds is 10. The summed E-state index contributed by atoms with van der Waals surface area (Å²) < 4.78 is 27.6. The lowest BCUT2D eigenvalue weighted by atomic mass is 10.0. The Labute approximate surface area is 200 Å². The zero-order chi connectivity index (χ0) is 24.1. The minimum atomic E-state index is -3.56. The molecular formula is C24H32N4O3S2. The smallest absolute Gasteiger partial charge is 0.240 e. The standard InChI is InChI=1S/C24H32N4O3S2/c1-5-6-14-25-33(30,31)19-12-13-20-21(15-19)27-23(26-20)32-17-22(29)28(24(2,3)4)16-18-10-8-7-9-11-18/h7-13,15,25H,5-6,14,16-17H2,1-4H3,(H,26,27). The number of unbranched alkanes of at least 4 members (excludes halogenated alkanes) is 1. The highest BCUT2D eigenvalue weighted by Crippen LogP contribution is 2.24. The van der Waals surface area contributed by atoms with Crippen LogP contribution >= 0.6 is 11.8 Å². The van der Waals surface area contributed by atoms with E-state index in [0.717, 1.165) is 18.4 Å². The van der Waals surface area contributed by atoms with E-state index in [1.807, 2.05) is 62.9 Å². The molecule has 0 saturated heterocycles. The maximum Gasteiger partial charge on any atom is 0.240 e. The SMILES string of the molecule is CCCCNS(=O)(=O)c1ccc2nc(SCC(=O)N(Cc3ccccc3)C(C)(C)C)[nH]c2c1. The van der Waals surface area contributed by atoms with Crippen molar-refractivity contribution in [3.8, 4) is 0 Å². The van der Waals surface area contributed by atoms with Crippen LogP contribution in [0.2, 0.25) is 0 Å². The number of nitrogens with one attached hydrogen (secondary N) is 2. The minimum absolute atomic E-state index is 0.0141. The molecule has 0 radical (unpaired) electrons. The van der Waals surface area contributed by atoms with Gasteiger partial charge in [-0.15, -0.1) is 0 Å². The van der Waals surface area contributed by atoms with Crippen molar-refractivity contribution in [2.45, 2.75) is 62.7 Å². The summed E-state index contributed by atoms with van der Waals surface area (Å²) in [6, 6.07) is 14.8. The van der Waals surface area contributed by atoms with Gasteiger partial charge in [0.05, 0.1) is 21.7 Å². The highest BCUT2D eigenvalue weighted by Gasteiger charge is 2.26. The number of H-pyrrole nitrogens is 1. The Kier molecular flexibility index (Phi) is 8.20. The van der Waals surface area contributed by atoms with Crippen LogP contribution in [0.15, 0.2) is 58.6 Å². The second-order valence-corrected chi connectivity index (χ2v) is 11.6. The molecule has 3 aromatic rings. The molecule has 0 aliphatic heterocycles. The van der Waals surface area contributed by atoms with Crippen LogP contribution in [0.1, 0.15) is 46.1 Å². The first kappa shape index (κ1) is 25.3. The number of carbonyl (C=O) groups is 1. The Hall–Kier alpha value is -2.36. The number of thioether (sulfide) groups is 1. The van der Waals surface area contributed by atoms with E-state index < -0.39 is 10.0 Å². The molecule has 1 aromatic heterocycles. The van der Waals surface area contributed by atoms with Crippen molar-refractivity contribution in [2.75, 3.05) is 12.3 Å². The molecule has 0 saturated carbocycles. The number of fused-ring (bicyclic) bond motifs is 1. The van der Waals surface area contributed by atoms with E-state index in [2.05, 4.69) is 14.7 Å². The molecule has 2 N–H and O–H groups in total. The van der Waals surface area contributed by atoms with E-state index in [-0.39, 0.29) is 22.1 Å². The van der Waals surface area contributed by atoms with Crippen LogP contribution in [0, 0.1) is 0 Å². The lowest BCUT2D eigenvalue weighted by molar-refractivity contribution is -0.133. The molecule has 1 amide bonds. The van der Waals surface area contributed by atoms with Gasteiger partial charge in [0.25, 0.3) is 0 Å². The van der Waals surface area contributed by atoms with Gasteiger partial charge in [-0.2, -0.15) is 0 Å². The van der Waals surface area contributed by atoms with Crippen molar-refractivity contribution in [1.29, 1.82) is 0 Å². The molecule has 0 aliphatic rings. The summed E-state index contributed by atoms with van der Waals surface area (Å²) in [6.07, 6.45) is 1.70. The van der Waals surface area contributed by atoms with Crippen molar-refractivity contribution in [2.24, 2.45) is 0 Å². The number of benzene rings is 2. The van der Waals surface area contributed by atoms with E-state index in [1.165, 1.54) is 11.8 Å². The summed E-state index contributed by atoms with van der Waals surface area (Å²) in [5.41, 5.74) is 2.04. The van der Waals surface area contributed by atoms with Gasteiger partial charge in [0.1, 0.15) is 0 Å². The topological polar surface area (TPSA) is 95.2 Å². The second kappa shape index (κ2) is 10.7. The third kappa shape index (κ3) is 6.82. The molecule has 0 atom stereocenters. The van der Waals surface area contributed by atoms with Crippen LogP contribution in [0.25, 0.3) is 11.0 Å². The van der Waals surface area contributed by atoms with E-state index >= 15 is 0 Å². The van der Waals surface area contributed by atoms with Gasteiger partial charge in [0.2, 0.25) is 15.9 Å². The average Bonchev–Trinajstić information content (AvgIpc) is 3.18. The number of imidazole rings is 1. The van der Waals surface area contributed by atoms with Crippen LogP contribution in [0.3, 0.4) is 0 Å². The van der Waals surface area contributed by atoms with Gasteiger partial charge in [-0.25, -0.2) is 18.1 Å². The predicted molar refractivity (Wildman–Crippen MR) is 134 cm³/mol. The minimum Gasteiger partial charge on any atom is -0.333 e. The van der Waals surface area contributed by atoms with Crippen LogP contribution in [-0.2, 0) is 21.4 Å². The van der Waals surface area contributed by atoms with Crippen molar-refractivity contribution in [3.63, 3.8) is 0 Å². The highest BCUT2D eigenvalue weighted by molar-refractivity contribution is 7.99. The Balaban J connectivity index is 1.70. The molecule has 7 nitrogen and oxygen atoms in total. The average molecular weight is 489 g/mol. The van der Waals surface area contributed by atoms with Crippen LogP contribution in [0.4, 0.5) is 0 Å². The zero-order valence-electron chi connectivity index (χ0n) is 19.6. The van der Waals surface area contributed by atoms with Gasteiger partial charge < -0.3 is 9.88 Å². The van der Waals surface area contributed by atoms with Crippen LogP contribution in [-0.4, -0.2) is 47.0 Å². The van der Waals surface area contributed by atoms with Crippen LogP contribution in [0.5, 0.6) is 0 Å². The van der Waals surface area contributed by atoms with E-state index in [4.69, 9.17) is 0 Å². The summed E-state index contributed by atoms with van der Waals surface area (Å²) in [6.45, 7) is 9.03. The fourth-order valence-corrected chi connectivity index (χ4v) is 5.20. The molecule has 33 heavy (non-hydrogen) atoms. The van der Waals surface area contributed by atoms with Gasteiger partial charge in [-0.3, -0.25) is 4.79 Å². The third-order valence-electron chi connectivity index (χ3n) is 5.19. The fraction of sp³-hybridized carbons (Fsp3) is 0.417. The molecule has 178 valence electrons. The van der Waals surface area contributed by atoms with E-state index in [0.29, 0.717) is 29.3 Å². The molecule has 2 aromatic carbocycles. The number of hydrogen-bond donors (Lipinski definition) is 2. The predicted octanol–water partition coefficient (Wildman–Crippen LogP) is 4.56. The second-order valence-electron chi connectivity index (χ2n) is 8.90. The zero-order valence-corrected chi connectivity index (χ0v) is 21.2. The van der Waals surface area contributed by atoms with Crippen molar-refractivity contribution >= 4 is 38.7 Å². The summed E-state index contributed by atoms with van der Waals surface area (Å²) >= 11 is 1.32. The molecule has 3 rings (SSSR count). The first-order valence-electron chi connectivity index (χ1n) is 11.1. The van der Waals surface area contributed by atoms with Gasteiger partial charge in [-0.05, 0) is 51.0 Å². The van der Waals surface area contributed by atoms with E-state index in [1.54, 1.807) is 18.2 Å². The number of amides is 1. The van der Waals surface area contributed by atoms with E-state index in [9.17, 15) is 13.2 Å². The largest absolute Gasteiger partial charge is 0.333 e. The van der Waals surface area contributed by atoms with Gasteiger partial charge in [0.15, 0.2) is 5.16 Å². The molecule has 0 unspecified atom stereocenters. The van der Waals surface area contributed by atoms with Gasteiger partial charge in [0, 0.05) is 18.6 Å². The van der Waals surface area contributed by atoms with Crippen LogP contribution < -0.4 is 4.72 Å². The summed E-state index contributed by atoms with van der Waals surface area (Å²) in [5.74, 6) is 0.244. The Morgan fingerprint density at radius 3 is 2.55 bits per heavy atom. The molecule has 9 heteroatoms. The lowest BCUT2D eigenvalue weighted by Gasteiger charge is -2.36. The molecular weight excluding hydrogens is 456 g/mol. The number of nitrogens with zero attached hydrogens (tertiary/aromatic N) is 2. The molecule has 0 bridgehead atoms. The number of aromatic amines is 1. The fourth-order valence-electron chi connectivity index (χ4n) is 3.34. The molecule has 1 heterocycles. The maximum absolute atomic E-state index is 13.1. The summed E-state index contributed by atoms with van der Waals surface area (Å²) in [4.78, 5) is 22.8. The highest BCUT2D eigenvalue weighted by atomic mass is 32.2. The Morgan fingerprint density at radius 1 is 1.15 bits per heavy atom. The van der Waals surface area contributed by atoms with Crippen molar-refractivity contribution in [3.05, 3.63) is 54.1 Å². The summed E-state index contributed by atoms with van der Waals surface area (Å²) in [7, 11) is -3.56. The molecule has 0 fully saturated rings. The maximum atomic E-state index is 13.1. The quantitative estimate of drug-likeness (QED) is 0.322.